The van der Waals surface area contributed by atoms with Crippen LogP contribution in [-0.4, -0.2) is 11.0 Å². The van der Waals surface area contributed by atoms with Crippen molar-refractivity contribution < 1.29 is 18.0 Å². The molecule has 0 saturated heterocycles. The van der Waals surface area contributed by atoms with Crippen LogP contribution in [0.2, 0.25) is 5.02 Å². The molecule has 27 heavy (non-hydrogen) atoms. The SMILES string of the molecule is C[C@H](NC(=O)Nc1ccc(F)c(Cl)c1)c1c[nH]c(=O)c2c(F)c(F)ccc12. The second kappa shape index (κ2) is 7.32. The van der Waals surface area contributed by atoms with E-state index in [1.165, 1.54) is 24.4 Å². The molecule has 3 N–H and O–H groups in total. The van der Waals surface area contributed by atoms with Gasteiger partial charge in [0.1, 0.15) is 5.82 Å². The summed E-state index contributed by atoms with van der Waals surface area (Å²) in [6.45, 7) is 1.60. The minimum absolute atomic E-state index is 0.148. The predicted octanol–water partition coefficient (Wildman–Crippen LogP) is 4.48. The molecule has 2 aromatic carbocycles. The third-order valence-electron chi connectivity index (χ3n) is 3.98. The van der Waals surface area contributed by atoms with Crippen molar-refractivity contribution in [2.24, 2.45) is 0 Å². The van der Waals surface area contributed by atoms with E-state index in [9.17, 15) is 22.8 Å². The first-order valence-electron chi connectivity index (χ1n) is 7.79. The number of anilines is 1. The maximum absolute atomic E-state index is 14.0. The van der Waals surface area contributed by atoms with E-state index in [2.05, 4.69) is 15.6 Å². The largest absolute Gasteiger partial charge is 0.331 e. The summed E-state index contributed by atoms with van der Waals surface area (Å²) in [4.78, 5) is 26.3. The van der Waals surface area contributed by atoms with Gasteiger partial charge in [0.15, 0.2) is 11.6 Å². The fraction of sp³-hybridized carbons (Fsp3) is 0.111. The summed E-state index contributed by atoms with van der Waals surface area (Å²) in [7, 11) is 0. The van der Waals surface area contributed by atoms with Crippen LogP contribution in [0.15, 0.2) is 41.3 Å². The molecule has 0 aliphatic rings. The van der Waals surface area contributed by atoms with Crippen LogP contribution in [0.4, 0.5) is 23.7 Å². The highest BCUT2D eigenvalue weighted by molar-refractivity contribution is 6.31. The number of urea groups is 1. The first kappa shape index (κ1) is 18.8. The lowest BCUT2D eigenvalue weighted by molar-refractivity contribution is 0.249. The highest BCUT2D eigenvalue weighted by Gasteiger charge is 2.18. The minimum Gasteiger partial charge on any atom is -0.331 e. The highest BCUT2D eigenvalue weighted by Crippen LogP contribution is 2.25. The molecule has 0 fully saturated rings. The molecule has 9 heteroatoms. The molecule has 0 radical (unpaired) electrons. The molecule has 2 amide bonds. The normalized spacial score (nSPS) is 12.0. The van der Waals surface area contributed by atoms with Crippen LogP contribution in [0, 0.1) is 17.5 Å². The lowest BCUT2D eigenvalue weighted by Gasteiger charge is -2.17. The zero-order valence-corrected chi connectivity index (χ0v) is 14.6. The Morgan fingerprint density at radius 1 is 1.15 bits per heavy atom. The van der Waals surface area contributed by atoms with E-state index in [-0.39, 0.29) is 16.1 Å². The number of carbonyl (C=O) groups is 1. The summed E-state index contributed by atoms with van der Waals surface area (Å²) >= 11 is 5.66. The number of benzene rings is 2. The van der Waals surface area contributed by atoms with Crippen molar-refractivity contribution in [2.45, 2.75) is 13.0 Å². The summed E-state index contributed by atoms with van der Waals surface area (Å²) in [5, 5.41) is 4.69. The number of nitrogens with one attached hydrogen (secondary N) is 3. The molecule has 0 aliphatic heterocycles. The first-order chi connectivity index (χ1) is 12.8. The average molecular weight is 396 g/mol. The van der Waals surface area contributed by atoms with Gasteiger partial charge in [-0.25, -0.2) is 18.0 Å². The van der Waals surface area contributed by atoms with Gasteiger partial charge in [-0.2, -0.15) is 0 Å². The van der Waals surface area contributed by atoms with Crippen LogP contribution in [0.1, 0.15) is 18.5 Å². The number of rotatable bonds is 3. The Hall–Kier alpha value is -3.00. The Kier molecular flexibility index (Phi) is 5.09. The molecule has 0 saturated carbocycles. The van der Waals surface area contributed by atoms with E-state index < -0.39 is 40.5 Å². The Labute approximate surface area is 156 Å². The number of aromatic nitrogens is 1. The predicted molar refractivity (Wildman–Crippen MR) is 96.5 cm³/mol. The maximum Gasteiger partial charge on any atom is 0.319 e. The number of hydrogen-bond acceptors (Lipinski definition) is 2. The first-order valence-corrected chi connectivity index (χ1v) is 8.17. The Bertz CT molecular complexity index is 1100. The zero-order chi connectivity index (χ0) is 19.7. The number of carbonyl (C=O) groups excluding carboxylic acids is 1. The fourth-order valence-electron chi connectivity index (χ4n) is 2.68. The van der Waals surface area contributed by atoms with Crippen molar-refractivity contribution >= 4 is 34.1 Å². The molecule has 0 spiro atoms. The molecule has 140 valence electrons. The molecule has 0 unspecified atom stereocenters. The van der Waals surface area contributed by atoms with Crippen LogP contribution in [0.25, 0.3) is 10.8 Å². The number of amides is 2. The average Bonchev–Trinajstić information content (AvgIpc) is 2.61. The molecular formula is C18H13ClF3N3O2. The van der Waals surface area contributed by atoms with Crippen LogP contribution in [0.5, 0.6) is 0 Å². The van der Waals surface area contributed by atoms with Crippen LogP contribution < -0.4 is 16.2 Å². The molecule has 3 aromatic rings. The second-order valence-electron chi connectivity index (χ2n) is 5.81. The lowest BCUT2D eigenvalue weighted by atomic mass is 10.0. The number of halogens is 4. The summed E-state index contributed by atoms with van der Waals surface area (Å²) in [5.41, 5.74) is -0.121. The van der Waals surface area contributed by atoms with Crippen molar-refractivity contribution in [3.63, 3.8) is 0 Å². The van der Waals surface area contributed by atoms with Gasteiger partial charge in [-0.15, -0.1) is 0 Å². The maximum atomic E-state index is 14.0. The van der Waals surface area contributed by atoms with Gasteiger partial charge < -0.3 is 15.6 Å². The van der Waals surface area contributed by atoms with E-state index in [1.807, 2.05) is 0 Å². The quantitative estimate of drug-likeness (QED) is 0.611. The van der Waals surface area contributed by atoms with Crippen LogP contribution >= 0.6 is 11.6 Å². The standard InChI is InChI=1S/C18H13ClF3N3O2/c1-8(24-18(27)25-9-2-4-13(20)12(19)6-9)11-7-23-17(26)15-10(11)3-5-14(21)16(15)22/h2-8H,1H3,(H,23,26)(H2,24,25,27)/t8-/m0/s1. The van der Waals surface area contributed by atoms with Gasteiger partial charge in [0, 0.05) is 11.9 Å². The molecule has 3 rings (SSSR count). The summed E-state index contributed by atoms with van der Waals surface area (Å²) in [5.74, 6) is -3.02. The Morgan fingerprint density at radius 2 is 1.85 bits per heavy atom. The molecule has 5 nitrogen and oxygen atoms in total. The van der Waals surface area contributed by atoms with Crippen molar-refractivity contribution in [2.75, 3.05) is 5.32 Å². The van der Waals surface area contributed by atoms with E-state index in [4.69, 9.17) is 11.6 Å². The fourth-order valence-corrected chi connectivity index (χ4v) is 2.86. The number of hydrogen-bond donors (Lipinski definition) is 3. The van der Waals surface area contributed by atoms with E-state index in [0.717, 1.165) is 12.1 Å². The van der Waals surface area contributed by atoms with Gasteiger partial charge in [0.25, 0.3) is 5.56 Å². The van der Waals surface area contributed by atoms with Crippen molar-refractivity contribution in [3.05, 3.63) is 74.9 Å². The monoisotopic (exact) mass is 395 g/mol. The third kappa shape index (κ3) is 3.75. The van der Waals surface area contributed by atoms with Gasteiger partial charge >= 0.3 is 6.03 Å². The molecular weight excluding hydrogens is 383 g/mol. The molecule has 1 atom stereocenters. The van der Waals surface area contributed by atoms with Crippen molar-refractivity contribution in [1.82, 2.24) is 10.3 Å². The molecule has 1 heterocycles. The van der Waals surface area contributed by atoms with Crippen LogP contribution in [0.3, 0.4) is 0 Å². The van der Waals surface area contributed by atoms with Gasteiger partial charge in [0.05, 0.1) is 16.5 Å². The summed E-state index contributed by atoms with van der Waals surface area (Å²) < 4.78 is 40.6. The number of pyridine rings is 1. The number of aromatic amines is 1. The lowest BCUT2D eigenvalue weighted by Crippen LogP contribution is -2.31. The molecule has 1 aromatic heterocycles. The third-order valence-corrected chi connectivity index (χ3v) is 4.27. The van der Waals surface area contributed by atoms with Crippen molar-refractivity contribution in [3.8, 4) is 0 Å². The van der Waals surface area contributed by atoms with E-state index in [0.29, 0.717) is 5.56 Å². The topological polar surface area (TPSA) is 74.0 Å². The van der Waals surface area contributed by atoms with Gasteiger partial charge in [-0.1, -0.05) is 17.7 Å². The van der Waals surface area contributed by atoms with E-state index in [1.54, 1.807) is 6.92 Å². The smallest absolute Gasteiger partial charge is 0.319 e. The Morgan fingerprint density at radius 3 is 2.56 bits per heavy atom. The number of fused-ring (bicyclic) bond motifs is 1. The van der Waals surface area contributed by atoms with Gasteiger partial charge in [-0.3, -0.25) is 4.79 Å². The summed E-state index contributed by atoms with van der Waals surface area (Å²) in [6, 6.07) is 4.57. The van der Waals surface area contributed by atoms with E-state index >= 15 is 0 Å². The van der Waals surface area contributed by atoms with Crippen LogP contribution in [-0.2, 0) is 0 Å². The summed E-state index contributed by atoms with van der Waals surface area (Å²) in [6.07, 6.45) is 1.32. The molecule has 0 bridgehead atoms. The zero-order valence-electron chi connectivity index (χ0n) is 13.9. The Balaban J connectivity index is 1.86. The minimum atomic E-state index is -1.26. The molecule has 0 aliphatic carbocycles. The number of H-pyrrole nitrogens is 1. The van der Waals surface area contributed by atoms with Gasteiger partial charge in [0.2, 0.25) is 0 Å². The highest BCUT2D eigenvalue weighted by atomic mass is 35.5. The van der Waals surface area contributed by atoms with Gasteiger partial charge in [-0.05, 0) is 42.1 Å². The second-order valence-corrected chi connectivity index (χ2v) is 6.21. The van der Waals surface area contributed by atoms with Crippen molar-refractivity contribution in [1.29, 1.82) is 0 Å².